The Balaban J connectivity index is 1.01. The van der Waals surface area contributed by atoms with Crippen LogP contribution in [0.25, 0.3) is 103 Å². The summed E-state index contributed by atoms with van der Waals surface area (Å²) in [4.78, 5) is 3.88. The van der Waals surface area contributed by atoms with Crippen molar-refractivity contribution in [2.75, 3.05) is 0 Å². The Labute approximate surface area is 429 Å². The van der Waals surface area contributed by atoms with Crippen LogP contribution in [0.2, 0.25) is 0 Å². The van der Waals surface area contributed by atoms with E-state index in [1.165, 1.54) is 76.3 Å². The number of para-hydroxylation sites is 3. The molecule has 12 rings (SSSR count). The normalized spacial score (nSPS) is 12.9. The van der Waals surface area contributed by atoms with E-state index in [2.05, 4.69) is 236 Å². The molecule has 2 heterocycles. The number of rotatable bonds is 6. The Morgan fingerprint density at radius 3 is 1.27 bits per heavy atom. The van der Waals surface area contributed by atoms with Gasteiger partial charge in [0.1, 0.15) is 0 Å². The van der Waals surface area contributed by atoms with Crippen LogP contribution in [0.4, 0.5) is 5.69 Å². The molecule has 0 aliphatic carbocycles. The highest BCUT2D eigenvalue weighted by Gasteiger charge is 2.28. The van der Waals surface area contributed by atoms with Gasteiger partial charge in [-0.2, -0.15) is 5.26 Å². The highest BCUT2D eigenvalue weighted by atomic mass is 15.1. The first-order valence-electron chi connectivity index (χ1n) is 26.0. The molecule has 10 aromatic carbocycles. The molecule has 4 heteroatoms. The van der Waals surface area contributed by atoms with Crippen LogP contribution < -0.4 is 0 Å². The van der Waals surface area contributed by atoms with Crippen molar-refractivity contribution in [1.29, 1.82) is 5.26 Å². The van der Waals surface area contributed by atoms with Gasteiger partial charge in [-0.05, 0) is 172 Å². The second-order valence-electron chi connectivity index (χ2n) is 24.6. The number of hydrogen-bond donors (Lipinski definition) is 0. The fourth-order valence-corrected chi connectivity index (χ4v) is 11.9. The zero-order chi connectivity index (χ0) is 51.1. The van der Waals surface area contributed by atoms with Gasteiger partial charge in [-0.15, -0.1) is 0 Å². The van der Waals surface area contributed by atoms with Crippen LogP contribution in [0.3, 0.4) is 0 Å². The van der Waals surface area contributed by atoms with E-state index in [0.717, 1.165) is 62.4 Å². The first-order valence-corrected chi connectivity index (χ1v) is 26.0. The topological polar surface area (TPSA) is 38.0 Å². The average Bonchev–Trinajstić information content (AvgIpc) is 3.87. The molecule has 0 aliphatic heterocycles. The van der Waals surface area contributed by atoms with E-state index in [-0.39, 0.29) is 21.7 Å². The molecule has 0 aliphatic rings. The summed E-state index contributed by atoms with van der Waals surface area (Å²) in [5.41, 5.74) is 13.2. The molecule has 0 fully saturated rings. The summed E-state index contributed by atoms with van der Waals surface area (Å²) >= 11 is 0. The van der Waals surface area contributed by atoms with E-state index in [1.54, 1.807) is 0 Å². The molecule has 0 unspecified atom stereocenters. The van der Waals surface area contributed by atoms with E-state index >= 15 is 0 Å². The molecule has 2 aromatic heterocycles. The van der Waals surface area contributed by atoms with Crippen LogP contribution in [-0.2, 0) is 28.1 Å². The van der Waals surface area contributed by atoms with Gasteiger partial charge in [0.2, 0.25) is 5.69 Å². The lowest BCUT2D eigenvalue weighted by atomic mass is 9.75. The van der Waals surface area contributed by atoms with Crippen molar-refractivity contribution in [2.45, 2.75) is 111 Å². The molecule has 12 aromatic rings. The molecule has 73 heavy (non-hydrogen) atoms. The summed E-state index contributed by atoms with van der Waals surface area (Å²) in [6, 6.07) is 58.7. The third-order valence-electron chi connectivity index (χ3n) is 16.2. The third kappa shape index (κ3) is 7.29. The number of fused-ring (bicyclic) bond motifs is 8. The Bertz CT molecular complexity index is 4300. The molecule has 0 bridgehead atoms. The molecular weight excluding hydrogens is 885 g/mol. The quantitative estimate of drug-likeness (QED) is 0.0930. The van der Waals surface area contributed by atoms with Crippen LogP contribution in [-0.4, -0.2) is 9.13 Å². The van der Waals surface area contributed by atoms with Crippen LogP contribution in [0.15, 0.2) is 152 Å². The minimum absolute atomic E-state index is 0.00495. The summed E-state index contributed by atoms with van der Waals surface area (Å²) in [6.45, 7) is 34.1. The van der Waals surface area contributed by atoms with Crippen molar-refractivity contribution in [3.8, 4) is 17.4 Å². The maximum Gasteiger partial charge on any atom is 0.206 e. The molecule has 0 saturated heterocycles. The Kier molecular flexibility index (Phi) is 10.1. The summed E-state index contributed by atoms with van der Waals surface area (Å²) in [6.07, 6.45) is 1.86. The number of aryl methyl sites for hydroxylation is 1. The number of nitriles is 1. The van der Waals surface area contributed by atoms with Crippen molar-refractivity contribution in [3.63, 3.8) is 0 Å². The smallest absolute Gasteiger partial charge is 0.206 e. The molecule has 358 valence electrons. The van der Waals surface area contributed by atoms with Gasteiger partial charge in [-0.1, -0.05) is 161 Å². The molecule has 0 saturated carbocycles. The largest absolute Gasteiger partial charge is 0.308 e. The zero-order valence-electron chi connectivity index (χ0n) is 44.1. The highest BCUT2D eigenvalue weighted by Crippen LogP contribution is 2.48. The monoisotopic (exact) mass is 946 g/mol. The number of hydrogen-bond acceptors (Lipinski definition) is 1. The van der Waals surface area contributed by atoms with Gasteiger partial charge < -0.3 is 9.13 Å². The summed E-state index contributed by atoms with van der Waals surface area (Å²) in [5, 5.41) is 25.9. The SMILES string of the molecule is [C-]#[N+]c1cc(-n2c3ccccc3c3ccccc32)c(-n2c3ccccc3c3cc(CCC(C)(C)c4cc5cc(C(C)(C)C)cc6c7cc(C(C)(C)C)cc8cc(C(C)(C)C)cc(c(c4)c56)c87)ccc32)cc1C#N. The maximum absolute atomic E-state index is 10.5. The second kappa shape index (κ2) is 16.0. The predicted molar refractivity (Wildman–Crippen MR) is 311 cm³/mol. The molecule has 0 amide bonds. The van der Waals surface area contributed by atoms with Crippen LogP contribution in [0.5, 0.6) is 0 Å². The van der Waals surface area contributed by atoms with Crippen LogP contribution >= 0.6 is 0 Å². The Hall–Kier alpha value is -7.92. The molecule has 0 radical (unpaired) electrons. The third-order valence-corrected chi connectivity index (χ3v) is 16.2. The van der Waals surface area contributed by atoms with Crippen molar-refractivity contribution in [3.05, 3.63) is 196 Å². The number of nitrogens with zero attached hydrogens (tertiary/aromatic N) is 4. The standard InChI is InChI=1S/C69H62N4/c1-66(2,3)45-30-42-31-46(67(4,5)6)37-55-56-38-48(33-43-32-47(68(7,8)9)36-54(65(43)56)53(35-45)64(42)55)69(10,11)28-27-41-25-26-61-52(29-41)51-21-15-18-24-60(51)73(61)62-34-44(40-70)57(71-12)39-63(62)72-58-22-16-13-19-49(58)50-20-14-17-23-59(50)72/h13-26,29-39H,27-28H2,1-11H3. The molecule has 0 atom stereocenters. The Morgan fingerprint density at radius 1 is 0.438 bits per heavy atom. The minimum atomic E-state index is -0.155. The summed E-state index contributed by atoms with van der Waals surface area (Å²) in [5.74, 6) is 0. The first-order chi connectivity index (χ1) is 34.7. The van der Waals surface area contributed by atoms with Crippen LogP contribution in [0, 0.1) is 17.9 Å². The van der Waals surface area contributed by atoms with Gasteiger partial charge in [-0.25, -0.2) is 4.85 Å². The lowest BCUT2D eigenvalue weighted by molar-refractivity contribution is 0.481. The summed E-state index contributed by atoms with van der Waals surface area (Å²) in [7, 11) is 0. The van der Waals surface area contributed by atoms with Gasteiger partial charge in [-0.3, -0.25) is 0 Å². The highest BCUT2D eigenvalue weighted by molar-refractivity contribution is 6.33. The van der Waals surface area contributed by atoms with Gasteiger partial charge in [0, 0.05) is 21.5 Å². The molecule has 0 spiro atoms. The lowest BCUT2D eigenvalue weighted by Crippen LogP contribution is -2.18. The van der Waals surface area contributed by atoms with Gasteiger partial charge >= 0.3 is 0 Å². The van der Waals surface area contributed by atoms with Crippen molar-refractivity contribution >= 4 is 92.4 Å². The van der Waals surface area contributed by atoms with Crippen LogP contribution in [0.1, 0.15) is 116 Å². The van der Waals surface area contributed by atoms with Gasteiger partial charge in [0.05, 0.1) is 51.6 Å². The Morgan fingerprint density at radius 2 is 0.836 bits per heavy atom. The molecule has 0 N–H and O–H groups in total. The maximum atomic E-state index is 10.5. The zero-order valence-corrected chi connectivity index (χ0v) is 44.1. The van der Waals surface area contributed by atoms with Crippen molar-refractivity contribution < 1.29 is 0 Å². The van der Waals surface area contributed by atoms with E-state index in [4.69, 9.17) is 6.57 Å². The molecule has 4 nitrogen and oxygen atoms in total. The fourth-order valence-electron chi connectivity index (χ4n) is 11.9. The number of benzene rings is 10. The van der Waals surface area contributed by atoms with Gasteiger partial charge in [0.25, 0.3) is 0 Å². The first kappa shape index (κ1) is 46.2. The molecular formula is C69H62N4. The van der Waals surface area contributed by atoms with E-state index in [9.17, 15) is 5.26 Å². The summed E-state index contributed by atoms with van der Waals surface area (Å²) < 4.78 is 4.57. The second-order valence-corrected chi connectivity index (χ2v) is 24.6. The van der Waals surface area contributed by atoms with E-state index in [0.29, 0.717) is 11.3 Å². The predicted octanol–water partition coefficient (Wildman–Crippen LogP) is 19.2. The van der Waals surface area contributed by atoms with Crippen molar-refractivity contribution in [2.24, 2.45) is 0 Å². The van der Waals surface area contributed by atoms with Crippen molar-refractivity contribution in [1.82, 2.24) is 9.13 Å². The fraction of sp³-hybridized carbons (Fsp3) is 0.246. The lowest BCUT2D eigenvalue weighted by Gasteiger charge is -2.29. The number of aromatic nitrogens is 2. The van der Waals surface area contributed by atoms with E-state index in [1.807, 2.05) is 12.1 Å². The van der Waals surface area contributed by atoms with E-state index < -0.39 is 0 Å². The average molecular weight is 947 g/mol. The minimum Gasteiger partial charge on any atom is -0.308 e. The van der Waals surface area contributed by atoms with Gasteiger partial charge in [0.15, 0.2) is 0 Å².